The number of carbonyl (C=O) groups excluding carboxylic acids is 1. The lowest BCUT2D eigenvalue weighted by molar-refractivity contribution is 0.0556. The van der Waals surface area contributed by atoms with Gasteiger partial charge in [0.2, 0.25) is 0 Å². The highest BCUT2D eigenvalue weighted by atomic mass is 79.9. The van der Waals surface area contributed by atoms with Crippen molar-refractivity contribution in [1.29, 1.82) is 0 Å². The third-order valence-electron chi connectivity index (χ3n) is 2.64. The first-order chi connectivity index (χ1) is 7.79. The minimum absolute atomic E-state index is 0.207. The summed E-state index contributed by atoms with van der Waals surface area (Å²) in [4.78, 5) is 13.3. The Balaban J connectivity index is 1.73. The van der Waals surface area contributed by atoms with Crippen molar-refractivity contribution >= 4 is 22.0 Å². The van der Waals surface area contributed by atoms with Crippen molar-refractivity contribution in [3.05, 3.63) is 35.9 Å². The highest BCUT2D eigenvalue weighted by Crippen LogP contribution is 2.18. The Labute approximate surface area is 104 Å². The molecule has 0 radical (unpaired) electrons. The minimum atomic E-state index is -0.207. The van der Waals surface area contributed by atoms with E-state index in [1.54, 1.807) is 4.90 Å². The van der Waals surface area contributed by atoms with E-state index in [-0.39, 0.29) is 6.09 Å². The first kappa shape index (κ1) is 11.5. The average molecular weight is 284 g/mol. The fourth-order valence-electron chi connectivity index (χ4n) is 1.63. The van der Waals surface area contributed by atoms with Crippen LogP contribution < -0.4 is 0 Å². The summed E-state index contributed by atoms with van der Waals surface area (Å²) in [6, 6.07) is 9.72. The van der Waals surface area contributed by atoms with E-state index < -0.39 is 0 Å². The van der Waals surface area contributed by atoms with E-state index in [1.165, 1.54) is 0 Å². The normalized spacial score (nSPS) is 15.7. The number of amides is 1. The van der Waals surface area contributed by atoms with Gasteiger partial charge in [0.25, 0.3) is 0 Å². The van der Waals surface area contributed by atoms with Gasteiger partial charge < -0.3 is 9.64 Å². The molecule has 1 aliphatic heterocycles. The van der Waals surface area contributed by atoms with Crippen molar-refractivity contribution in [2.24, 2.45) is 5.92 Å². The largest absolute Gasteiger partial charge is 0.445 e. The van der Waals surface area contributed by atoms with Crippen molar-refractivity contribution in [2.45, 2.75) is 6.61 Å². The second-order valence-electron chi connectivity index (χ2n) is 3.97. The zero-order chi connectivity index (χ0) is 11.4. The Bertz CT molecular complexity index is 349. The van der Waals surface area contributed by atoms with Crippen LogP contribution in [0.15, 0.2) is 30.3 Å². The second kappa shape index (κ2) is 5.34. The SMILES string of the molecule is O=C(OCc1ccccc1)N1CC(CBr)C1. The molecule has 0 bridgehead atoms. The molecule has 0 atom stereocenters. The van der Waals surface area contributed by atoms with Gasteiger partial charge in [0, 0.05) is 24.3 Å². The Kier molecular flexibility index (Phi) is 3.83. The van der Waals surface area contributed by atoms with Crippen molar-refractivity contribution in [3.8, 4) is 0 Å². The zero-order valence-electron chi connectivity index (χ0n) is 8.93. The molecular weight excluding hydrogens is 270 g/mol. The summed E-state index contributed by atoms with van der Waals surface area (Å²) in [7, 11) is 0. The van der Waals surface area contributed by atoms with Crippen molar-refractivity contribution in [1.82, 2.24) is 4.90 Å². The van der Waals surface area contributed by atoms with Crippen LogP contribution in [-0.2, 0) is 11.3 Å². The molecule has 1 heterocycles. The molecule has 1 saturated heterocycles. The van der Waals surface area contributed by atoms with Gasteiger partial charge in [0.05, 0.1) is 0 Å². The van der Waals surface area contributed by atoms with E-state index in [1.807, 2.05) is 30.3 Å². The number of likely N-dealkylation sites (tertiary alicyclic amines) is 1. The van der Waals surface area contributed by atoms with E-state index in [9.17, 15) is 4.79 Å². The third-order valence-corrected chi connectivity index (χ3v) is 3.55. The van der Waals surface area contributed by atoms with Crippen molar-refractivity contribution in [3.63, 3.8) is 0 Å². The van der Waals surface area contributed by atoms with E-state index >= 15 is 0 Å². The van der Waals surface area contributed by atoms with Crippen LogP contribution in [0.5, 0.6) is 0 Å². The fourth-order valence-corrected chi connectivity index (χ4v) is 2.04. The van der Waals surface area contributed by atoms with Gasteiger partial charge in [-0.25, -0.2) is 4.79 Å². The van der Waals surface area contributed by atoms with Crippen LogP contribution in [0.2, 0.25) is 0 Å². The summed E-state index contributed by atoms with van der Waals surface area (Å²) < 4.78 is 5.20. The monoisotopic (exact) mass is 283 g/mol. The molecular formula is C12H14BrNO2. The van der Waals surface area contributed by atoms with Crippen LogP contribution in [0, 0.1) is 5.92 Å². The van der Waals surface area contributed by atoms with Crippen molar-refractivity contribution < 1.29 is 9.53 Å². The average Bonchev–Trinajstić information content (AvgIpc) is 2.26. The van der Waals surface area contributed by atoms with Gasteiger partial charge in [-0.05, 0) is 5.56 Å². The van der Waals surface area contributed by atoms with Gasteiger partial charge in [0.15, 0.2) is 0 Å². The highest BCUT2D eigenvalue weighted by Gasteiger charge is 2.30. The molecule has 0 N–H and O–H groups in total. The minimum Gasteiger partial charge on any atom is -0.445 e. The smallest absolute Gasteiger partial charge is 0.410 e. The van der Waals surface area contributed by atoms with E-state index in [4.69, 9.17) is 4.74 Å². The zero-order valence-corrected chi connectivity index (χ0v) is 10.5. The summed E-state index contributed by atoms with van der Waals surface area (Å²) >= 11 is 3.40. The van der Waals surface area contributed by atoms with Crippen molar-refractivity contribution in [2.75, 3.05) is 18.4 Å². The Morgan fingerprint density at radius 2 is 2.06 bits per heavy atom. The summed E-state index contributed by atoms with van der Waals surface area (Å²) in [5.74, 6) is 0.587. The quantitative estimate of drug-likeness (QED) is 0.799. The van der Waals surface area contributed by atoms with Gasteiger partial charge in [-0.3, -0.25) is 0 Å². The molecule has 1 fully saturated rings. The predicted octanol–water partition coefficient (Wildman–Crippen LogP) is 2.65. The predicted molar refractivity (Wildman–Crippen MR) is 65.5 cm³/mol. The lowest BCUT2D eigenvalue weighted by atomic mass is 10.0. The topological polar surface area (TPSA) is 29.5 Å². The number of benzene rings is 1. The van der Waals surface area contributed by atoms with Gasteiger partial charge >= 0.3 is 6.09 Å². The maximum Gasteiger partial charge on any atom is 0.410 e. The first-order valence-corrected chi connectivity index (χ1v) is 6.43. The molecule has 0 aromatic heterocycles. The van der Waals surface area contributed by atoms with E-state index in [0.717, 1.165) is 24.0 Å². The van der Waals surface area contributed by atoms with Gasteiger partial charge in [0.1, 0.15) is 6.61 Å². The van der Waals surface area contributed by atoms with Gasteiger partial charge in [-0.2, -0.15) is 0 Å². The number of nitrogens with zero attached hydrogens (tertiary/aromatic N) is 1. The molecule has 3 nitrogen and oxygen atoms in total. The lowest BCUT2D eigenvalue weighted by Gasteiger charge is -2.37. The molecule has 0 saturated carbocycles. The van der Waals surface area contributed by atoms with Gasteiger partial charge in [-0.1, -0.05) is 46.3 Å². The van der Waals surface area contributed by atoms with E-state index in [2.05, 4.69) is 15.9 Å². The van der Waals surface area contributed by atoms with Crippen LogP contribution in [-0.4, -0.2) is 29.4 Å². The number of rotatable bonds is 3. The number of hydrogen-bond donors (Lipinski definition) is 0. The van der Waals surface area contributed by atoms with Crippen LogP contribution in [0.3, 0.4) is 0 Å². The van der Waals surface area contributed by atoms with Crippen LogP contribution in [0.25, 0.3) is 0 Å². The summed E-state index contributed by atoms with van der Waals surface area (Å²) in [6.45, 7) is 1.97. The number of alkyl halides is 1. The lowest BCUT2D eigenvalue weighted by Crippen LogP contribution is -2.50. The first-order valence-electron chi connectivity index (χ1n) is 5.31. The summed E-state index contributed by atoms with van der Waals surface area (Å²) in [5, 5.41) is 0.954. The molecule has 1 aromatic rings. The third kappa shape index (κ3) is 2.76. The summed E-state index contributed by atoms with van der Waals surface area (Å²) in [6.07, 6.45) is -0.207. The number of halogens is 1. The summed E-state index contributed by atoms with van der Waals surface area (Å²) in [5.41, 5.74) is 1.02. The Morgan fingerprint density at radius 1 is 1.38 bits per heavy atom. The molecule has 0 unspecified atom stereocenters. The molecule has 1 aliphatic rings. The highest BCUT2D eigenvalue weighted by molar-refractivity contribution is 9.09. The number of ether oxygens (including phenoxy) is 1. The molecule has 2 rings (SSSR count). The maximum atomic E-state index is 11.5. The van der Waals surface area contributed by atoms with Crippen LogP contribution in [0.1, 0.15) is 5.56 Å². The standard InChI is InChI=1S/C12H14BrNO2/c13-6-11-7-14(8-11)12(15)16-9-10-4-2-1-3-5-10/h1-5,11H,6-9H2. The Hall–Kier alpha value is -1.03. The fraction of sp³-hybridized carbons (Fsp3) is 0.417. The second-order valence-corrected chi connectivity index (χ2v) is 4.61. The molecule has 1 amide bonds. The van der Waals surface area contributed by atoms with Gasteiger partial charge in [-0.15, -0.1) is 0 Å². The Morgan fingerprint density at radius 3 is 2.69 bits per heavy atom. The molecule has 0 aliphatic carbocycles. The van der Waals surface area contributed by atoms with Crippen LogP contribution in [0.4, 0.5) is 4.79 Å². The molecule has 4 heteroatoms. The van der Waals surface area contributed by atoms with E-state index in [0.29, 0.717) is 12.5 Å². The van der Waals surface area contributed by atoms with Crippen LogP contribution >= 0.6 is 15.9 Å². The maximum absolute atomic E-state index is 11.5. The molecule has 86 valence electrons. The molecule has 0 spiro atoms. The molecule has 16 heavy (non-hydrogen) atoms. The molecule has 1 aromatic carbocycles. The number of carbonyl (C=O) groups is 1. The number of hydrogen-bond acceptors (Lipinski definition) is 2.